The molecule has 0 spiro atoms. The van der Waals surface area contributed by atoms with E-state index < -0.39 is 5.97 Å². The van der Waals surface area contributed by atoms with Crippen molar-refractivity contribution < 1.29 is 23.8 Å². The first-order valence-electron chi connectivity index (χ1n) is 10.9. The van der Waals surface area contributed by atoms with Crippen LogP contribution in [0.1, 0.15) is 26.3 Å². The summed E-state index contributed by atoms with van der Waals surface area (Å²) in [5.41, 5.74) is 3.57. The maximum Gasteiger partial charge on any atom is 0.337 e. The van der Waals surface area contributed by atoms with Gasteiger partial charge in [-0.3, -0.25) is 4.79 Å². The minimum atomic E-state index is -0.411. The Bertz CT molecular complexity index is 1330. The third-order valence-electron chi connectivity index (χ3n) is 5.47. The van der Waals surface area contributed by atoms with Crippen LogP contribution in [0.5, 0.6) is 11.5 Å². The zero-order valence-electron chi connectivity index (χ0n) is 19.6. The Morgan fingerprint density at radius 1 is 0.914 bits per heavy atom. The molecule has 0 aliphatic rings. The van der Waals surface area contributed by atoms with Crippen molar-refractivity contribution in [2.24, 2.45) is 0 Å². The van der Waals surface area contributed by atoms with Gasteiger partial charge in [0.2, 0.25) is 0 Å². The van der Waals surface area contributed by atoms with Gasteiger partial charge in [0.25, 0.3) is 5.91 Å². The van der Waals surface area contributed by atoms with Crippen LogP contribution in [0.15, 0.2) is 79.0 Å². The molecule has 1 N–H and O–H groups in total. The lowest BCUT2D eigenvalue weighted by Crippen LogP contribution is -2.23. The Morgan fingerprint density at radius 3 is 2.31 bits per heavy atom. The van der Waals surface area contributed by atoms with Gasteiger partial charge in [-0.15, -0.1) is 0 Å². The molecule has 3 aromatic carbocycles. The highest BCUT2D eigenvalue weighted by atomic mass is 16.5. The van der Waals surface area contributed by atoms with E-state index in [1.165, 1.54) is 7.11 Å². The van der Waals surface area contributed by atoms with Crippen molar-refractivity contribution in [2.75, 3.05) is 21.3 Å². The number of nitrogens with one attached hydrogen (secondary N) is 1. The van der Waals surface area contributed by atoms with Crippen LogP contribution in [-0.4, -0.2) is 43.0 Å². The number of aromatic nitrogens is 2. The second kappa shape index (κ2) is 10.6. The van der Waals surface area contributed by atoms with E-state index >= 15 is 0 Å². The third-order valence-corrected chi connectivity index (χ3v) is 5.47. The molecule has 0 unspecified atom stereocenters. The fourth-order valence-electron chi connectivity index (χ4n) is 3.61. The van der Waals surface area contributed by atoms with Crippen LogP contribution in [0, 0.1) is 0 Å². The van der Waals surface area contributed by atoms with E-state index in [0.29, 0.717) is 33.9 Å². The SMILES string of the molecule is COC(=O)c1ccc(CNC(=O)c2cn(-c3ccccc3)nc2-c2cc(OC)ccc2OC)cc1. The molecule has 0 bridgehead atoms. The summed E-state index contributed by atoms with van der Waals surface area (Å²) in [6.07, 6.45) is 1.69. The van der Waals surface area contributed by atoms with E-state index in [9.17, 15) is 9.59 Å². The van der Waals surface area contributed by atoms with Gasteiger partial charge in [-0.1, -0.05) is 30.3 Å². The summed E-state index contributed by atoms with van der Waals surface area (Å²) >= 11 is 0. The van der Waals surface area contributed by atoms with Gasteiger partial charge in [-0.2, -0.15) is 5.10 Å². The lowest BCUT2D eigenvalue weighted by molar-refractivity contribution is 0.0600. The standard InChI is InChI=1S/C27H25N3O5/c1-33-21-13-14-24(34-2)22(15-21)25-23(17-30(29-25)20-7-5-4-6-8-20)26(31)28-16-18-9-11-19(12-10-18)27(32)35-3/h4-15,17H,16H2,1-3H3,(H,28,31). The largest absolute Gasteiger partial charge is 0.497 e. The number of benzene rings is 3. The third kappa shape index (κ3) is 5.16. The quantitative estimate of drug-likeness (QED) is 0.386. The smallest absolute Gasteiger partial charge is 0.337 e. The average molecular weight is 472 g/mol. The van der Waals surface area contributed by atoms with Crippen molar-refractivity contribution in [1.82, 2.24) is 15.1 Å². The van der Waals surface area contributed by atoms with Crippen LogP contribution in [0.25, 0.3) is 16.9 Å². The van der Waals surface area contributed by atoms with Crippen molar-refractivity contribution >= 4 is 11.9 Å². The molecule has 0 aliphatic carbocycles. The summed E-state index contributed by atoms with van der Waals surface area (Å²) in [6, 6.07) is 21.7. The molecule has 8 nitrogen and oxygen atoms in total. The molecule has 1 amide bonds. The van der Waals surface area contributed by atoms with Gasteiger partial charge in [-0.25, -0.2) is 9.48 Å². The Hall–Kier alpha value is -4.59. The first kappa shape index (κ1) is 23.6. The summed E-state index contributed by atoms with van der Waals surface area (Å²) in [4.78, 5) is 25.0. The number of nitrogens with zero attached hydrogens (tertiary/aromatic N) is 2. The first-order valence-corrected chi connectivity index (χ1v) is 10.9. The van der Waals surface area contributed by atoms with E-state index in [-0.39, 0.29) is 12.5 Å². The molecule has 8 heteroatoms. The lowest BCUT2D eigenvalue weighted by Gasteiger charge is -2.11. The highest BCUT2D eigenvalue weighted by Gasteiger charge is 2.22. The van der Waals surface area contributed by atoms with Crippen molar-refractivity contribution in [3.63, 3.8) is 0 Å². The van der Waals surface area contributed by atoms with Gasteiger partial charge in [0.05, 0.1) is 38.1 Å². The number of amides is 1. The normalized spacial score (nSPS) is 10.5. The maximum atomic E-state index is 13.3. The van der Waals surface area contributed by atoms with Gasteiger partial charge in [-0.05, 0) is 48.0 Å². The lowest BCUT2D eigenvalue weighted by atomic mass is 10.1. The van der Waals surface area contributed by atoms with Crippen molar-refractivity contribution in [2.45, 2.75) is 6.54 Å². The maximum absolute atomic E-state index is 13.3. The molecule has 0 radical (unpaired) electrons. The van der Waals surface area contributed by atoms with Crippen LogP contribution in [-0.2, 0) is 11.3 Å². The number of methoxy groups -OCH3 is 3. The fourth-order valence-corrected chi connectivity index (χ4v) is 3.61. The Morgan fingerprint density at radius 2 is 1.66 bits per heavy atom. The number of carbonyl (C=O) groups excluding carboxylic acids is 2. The van der Waals surface area contributed by atoms with E-state index in [0.717, 1.165) is 11.3 Å². The summed E-state index contributed by atoms with van der Waals surface area (Å²) in [6.45, 7) is 0.269. The molecule has 0 atom stereocenters. The van der Waals surface area contributed by atoms with Crippen LogP contribution in [0.2, 0.25) is 0 Å². The van der Waals surface area contributed by atoms with E-state index in [4.69, 9.17) is 19.3 Å². The summed E-state index contributed by atoms with van der Waals surface area (Å²) < 4.78 is 17.3. The van der Waals surface area contributed by atoms with E-state index in [1.54, 1.807) is 67.6 Å². The Labute approximate surface area is 203 Å². The number of hydrogen-bond acceptors (Lipinski definition) is 6. The summed E-state index contributed by atoms with van der Waals surface area (Å²) in [7, 11) is 4.48. The zero-order valence-corrected chi connectivity index (χ0v) is 19.6. The monoisotopic (exact) mass is 471 g/mol. The topological polar surface area (TPSA) is 91.7 Å². The Balaban J connectivity index is 1.67. The van der Waals surface area contributed by atoms with Gasteiger partial charge < -0.3 is 19.5 Å². The first-order chi connectivity index (χ1) is 17.0. The molecule has 178 valence electrons. The predicted octanol–water partition coefficient (Wildman–Crippen LogP) is 4.27. The number of esters is 1. The van der Waals surface area contributed by atoms with Crippen molar-refractivity contribution in [3.05, 3.63) is 95.7 Å². The number of hydrogen-bond donors (Lipinski definition) is 1. The minimum Gasteiger partial charge on any atom is -0.497 e. The molecule has 1 heterocycles. The number of para-hydroxylation sites is 1. The molecule has 1 aromatic heterocycles. The van der Waals surface area contributed by atoms with Crippen LogP contribution >= 0.6 is 0 Å². The second-order valence-corrected chi connectivity index (χ2v) is 7.61. The van der Waals surface area contributed by atoms with Crippen LogP contribution in [0.3, 0.4) is 0 Å². The molecule has 0 fully saturated rings. The van der Waals surface area contributed by atoms with E-state index in [2.05, 4.69) is 5.32 Å². The molecule has 35 heavy (non-hydrogen) atoms. The molecular weight excluding hydrogens is 446 g/mol. The highest BCUT2D eigenvalue weighted by Crippen LogP contribution is 2.35. The van der Waals surface area contributed by atoms with E-state index in [1.807, 2.05) is 30.3 Å². The molecular formula is C27H25N3O5. The summed E-state index contributed by atoms with van der Waals surface area (Å²) in [5.74, 6) is 0.471. The van der Waals surface area contributed by atoms with Gasteiger partial charge in [0, 0.05) is 18.3 Å². The van der Waals surface area contributed by atoms with Crippen LogP contribution < -0.4 is 14.8 Å². The minimum absolute atomic E-state index is 0.269. The second-order valence-electron chi connectivity index (χ2n) is 7.61. The summed E-state index contributed by atoms with van der Waals surface area (Å²) in [5, 5.41) is 7.66. The van der Waals surface area contributed by atoms with Gasteiger partial charge in [0.1, 0.15) is 17.2 Å². The Kier molecular flexibility index (Phi) is 7.11. The highest BCUT2D eigenvalue weighted by molar-refractivity contribution is 6.00. The van der Waals surface area contributed by atoms with Gasteiger partial charge >= 0.3 is 5.97 Å². The molecule has 4 rings (SSSR count). The zero-order chi connectivity index (χ0) is 24.8. The average Bonchev–Trinajstić information content (AvgIpc) is 3.37. The fraction of sp³-hybridized carbons (Fsp3) is 0.148. The number of rotatable bonds is 8. The predicted molar refractivity (Wildman–Crippen MR) is 131 cm³/mol. The number of carbonyl (C=O) groups is 2. The van der Waals surface area contributed by atoms with Crippen molar-refractivity contribution in [3.8, 4) is 28.4 Å². The van der Waals surface area contributed by atoms with Gasteiger partial charge in [0.15, 0.2) is 0 Å². The molecule has 0 saturated heterocycles. The number of ether oxygens (including phenoxy) is 3. The molecule has 0 saturated carbocycles. The molecule has 4 aromatic rings. The van der Waals surface area contributed by atoms with Crippen molar-refractivity contribution in [1.29, 1.82) is 0 Å². The van der Waals surface area contributed by atoms with Crippen LogP contribution in [0.4, 0.5) is 0 Å². The molecule has 0 aliphatic heterocycles.